The van der Waals surface area contributed by atoms with Crippen molar-refractivity contribution in [3.8, 4) is 0 Å². The highest BCUT2D eigenvalue weighted by atomic mass is 16.2. The Bertz CT molecular complexity index is 888. The van der Waals surface area contributed by atoms with Crippen molar-refractivity contribution in [1.29, 1.82) is 0 Å². The zero-order valence-corrected chi connectivity index (χ0v) is 18.3. The summed E-state index contributed by atoms with van der Waals surface area (Å²) in [4.78, 5) is 29.0. The lowest BCUT2D eigenvalue weighted by Gasteiger charge is -2.38. The van der Waals surface area contributed by atoms with Gasteiger partial charge in [-0.3, -0.25) is 9.59 Å². The van der Waals surface area contributed by atoms with Gasteiger partial charge in [0.15, 0.2) is 5.82 Å². The number of rotatable bonds is 6. The molecule has 2 aliphatic heterocycles. The lowest BCUT2D eigenvalue weighted by molar-refractivity contribution is -0.136. The Kier molecular flexibility index (Phi) is 6.49. The summed E-state index contributed by atoms with van der Waals surface area (Å²) in [5.41, 5.74) is 2.11. The molecule has 1 aromatic heterocycles. The van der Waals surface area contributed by atoms with Crippen molar-refractivity contribution >= 4 is 23.3 Å². The molecule has 0 bridgehead atoms. The Morgan fingerprint density at radius 2 is 1.84 bits per heavy atom. The molecule has 1 unspecified atom stereocenters. The predicted octanol–water partition coefficient (Wildman–Crippen LogP) is 3.30. The summed E-state index contributed by atoms with van der Waals surface area (Å²) in [6.07, 6.45) is 4.53. The first-order valence-corrected chi connectivity index (χ1v) is 11.3. The zero-order chi connectivity index (χ0) is 21.8. The summed E-state index contributed by atoms with van der Waals surface area (Å²) in [6, 6.07) is 12.0. The Morgan fingerprint density at radius 3 is 2.45 bits per heavy atom. The Morgan fingerprint density at radius 1 is 1.13 bits per heavy atom. The average Bonchev–Trinajstić information content (AvgIpc) is 2.78. The number of amides is 2. The second-order valence-electron chi connectivity index (χ2n) is 8.70. The number of benzene rings is 1. The van der Waals surface area contributed by atoms with Gasteiger partial charge in [0.05, 0.1) is 5.92 Å². The van der Waals surface area contributed by atoms with E-state index in [9.17, 15) is 9.59 Å². The van der Waals surface area contributed by atoms with E-state index in [4.69, 9.17) is 0 Å². The molecule has 2 amide bonds. The molecule has 0 radical (unpaired) electrons. The predicted molar refractivity (Wildman–Crippen MR) is 121 cm³/mol. The van der Waals surface area contributed by atoms with Gasteiger partial charge in [0, 0.05) is 44.0 Å². The van der Waals surface area contributed by atoms with Crippen LogP contribution in [0.3, 0.4) is 0 Å². The van der Waals surface area contributed by atoms with Crippen molar-refractivity contribution in [2.45, 2.75) is 39.0 Å². The number of hydrogen-bond donors (Lipinski definition) is 1. The van der Waals surface area contributed by atoms with Gasteiger partial charge in [-0.2, -0.15) is 5.10 Å². The largest absolute Gasteiger partial charge is 0.353 e. The number of hydrogen-bond acceptors (Lipinski definition) is 5. The van der Waals surface area contributed by atoms with Gasteiger partial charge in [-0.1, -0.05) is 26.0 Å². The van der Waals surface area contributed by atoms with Crippen molar-refractivity contribution in [3.05, 3.63) is 48.2 Å². The maximum atomic E-state index is 12.5. The van der Waals surface area contributed by atoms with Crippen LogP contribution in [0.4, 0.5) is 11.5 Å². The highest BCUT2D eigenvalue weighted by molar-refractivity contribution is 5.94. The fourth-order valence-corrected chi connectivity index (χ4v) is 4.30. The Balaban J connectivity index is 1.25. The normalized spacial score (nSPS) is 18.4. The SMILES string of the molecule is CCC(C)C(=O)N1CCC(c2ccc(NC(=O)C3CN(c4cccnn4)C3)cc2)CC1. The molecule has 0 aliphatic carbocycles. The molecular weight excluding hydrogens is 390 g/mol. The van der Waals surface area contributed by atoms with E-state index in [1.54, 1.807) is 6.20 Å². The first kappa shape index (κ1) is 21.3. The van der Waals surface area contributed by atoms with Gasteiger partial charge >= 0.3 is 0 Å². The molecule has 1 atom stereocenters. The molecule has 7 heteroatoms. The molecule has 164 valence electrons. The fourth-order valence-electron chi connectivity index (χ4n) is 4.30. The maximum Gasteiger partial charge on any atom is 0.231 e. The van der Waals surface area contributed by atoms with Crippen molar-refractivity contribution in [1.82, 2.24) is 15.1 Å². The highest BCUT2D eigenvalue weighted by Gasteiger charge is 2.33. The third-order valence-corrected chi connectivity index (χ3v) is 6.62. The number of aromatic nitrogens is 2. The van der Waals surface area contributed by atoms with E-state index in [1.807, 2.05) is 36.1 Å². The minimum absolute atomic E-state index is 0.0333. The van der Waals surface area contributed by atoms with Gasteiger partial charge in [0.25, 0.3) is 0 Å². The number of likely N-dealkylation sites (tertiary alicyclic amines) is 1. The van der Waals surface area contributed by atoms with Crippen LogP contribution in [0.5, 0.6) is 0 Å². The highest BCUT2D eigenvalue weighted by Crippen LogP contribution is 2.30. The zero-order valence-electron chi connectivity index (χ0n) is 18.3. The maximum absolute atomic E-state index is 12.5. The van der Waals surface area contributed by atoms with Crippen LogP contribution in [0.15, 0.2) is 42.6 Å². The summed E-state index contributed by atoms with van der Waals surface area (Å²) < 4.78 is 0. The quantitative estimate of drug-likeness (QED) is 0.774. The molecule has 3 heterocycles. The third-order valence-electron chi connectivity index (χ3n) is 6.62. The van der Waals surface area contributed by atoms with Gasteiger partial charge in [-0.25, -0.2) is 0 Å². The smallest absolute Gasteiger partial charge is 0.231 e. The fraction of sp³-hybridized carbons (Fsp3) is 0.500. The molecule has 1 aromatic carbocycles. The lowest BCUT2D eigenvalue weighted by atomic mass is 9.89. The van der Waals surface area contributed by atoms with Crippen LogP contribution >= 0.6 is 0 Å². The van der Waals surface area contributed by atoms with E-state index in [-0.39, 0.29) is 23.7 Å². The molecule has 0 saturated carbocycles. The second-order valence-corrected chi connectivity index (χ2v) is 8.70. The van der Waals surface area contributed by atoms with E-state index >= 15 is 0 Å². The van der Waals surface area contributed by atoms with Crippen LogP contribution in [-0.4, -0.2) is 53.1 Å². The monoisotopic (exact) mass is 421 g/mol. The Hall–Kier alpha value is -2.96. The van der Waals surface area contributed by atoms with Crippen molar-refractivity contribution in [2.75, 3.05) is 36.4 Å². The molecular formula is C24H31N5O2. The van der Waals surface area contributed by atoms with Crippen LogP contribution in [0.1, 0.15) is 44.6 Å². The first-order valence-electron chi connectivity index (χ1n) is 11.3. The van der Waals surface area contributed by atoms with Crippen molar-refractivity contribution in [3.63, 3.8) is 0 Å². The second kappa shape index (κ2) is 9.45. The van der Waals surface area contributed by atoms with E-state index in [2.05, 4.69) is 39.5 Å². The molecule has 0 spiro atoms. The summed E-state index contributed by atoms with van der Waals surface area (Å²) in [5.74, 6) is 1.69. The number of carbonyl (C=O) groups is 2. The molecule has 31 heavy (non-hydrogen) atoms. The van der Waals surface area contributed by atoms with Crippen LogP contribution < -0.4 is 10.2 Å². The van der Waals surface area contributed by atoms with E-state index in [1.165, 1.54) is 5.56 Å². The third kappa shape index (κ3) is 4.86. The van der Waals surface area contributed by atoms with Gasteiger partial charge in [0.1, 0.15) is 0 Å². The number of nitrogens with zero attached hydrogens (tertiary/aromatic N) is 4. The molecule has 2 aromatic rings. The molecule has 1 N–H and O–H groups in total. The summed E-state index contributed by atoms with van der Waals surface area (Å²) in [7, 11) is 0. The van der Waals surface area contributed by atoms with Crippen LogP contribution in [-0.2, 0) is 9.59 Å². The van der Waals surface area contributed by atoms with E-state index in [0.717, 1.165) is 43.9 Å². The standard InChI is InChI=1S/C24H31N5O2/c1-3-17(2)24(31)28-13-10-19(11-14-28)18-6-8-21(9-7-18)26-23(30)20-15-29(16-20)22-5-4-12-25-27-22/h4-9,12,17,19-20H,3,10-11,13-16H2,1-2H3,(H,26,30). The molecule has 7 nitrogen and oxygen atoms in total. The summed E-state index contributed by atoms with van der Waals surface area (Å²) >= 11 is 0. The molecule has 2 saturated heterocycles. The van der Waals surface area contributed by atoms with E-state index in [0.29, 0.717) is 19.0 Å². The van der Waals surface area contributed by atoms with Gasteiger partial charge in [0.2, 0.25) is 11.8 Å². The van der Waals surface area contributed by atoms with Gasteiger partial charge in [-0.05, 0) is 55.0 Å². The van der Waals surface area contributed by atoms with Crippen molar-refractivity contribution < 1.29 is 9.59 Å². The summed E-state index contributed by atoms with van der Waals surface area (Å²) in [6.45, 7) is 7.06. The van der Waals surface area contributed by atoms with Gasteiger partial charge < -0.3 is 15.1 Å². The van der Waals surface area contributed by atoms with Gasteiger partial charge in [-0.15, -0.1) is 5.10 Å². The lowest BCUT2D eigenvalue weighted by Crippen LogP contribution is -2.52. The van der Waals surface area contributed by atoms with Crippen LogP contribution in [0.2, 0.25) is 0 Å². The molecule has 2 fully saturated rings. The topological polar surface area (TPSA) is 78.4 Å². The first-order chi connectivity index (χ1) is 15.0. The minimum Gasteiger partial charge on any atom is -0.353 e. The molecule has 4 rings (SSSR count). The number of nitrogens with one attached hydrogen (secondary N) is 1. The number of piperidine rings is 1. The summed E-state index contributed by atoms with van der Waals surface area (Å²) in [5, 5.41) is 11.0. The van der Waals surface area contributed by atoms with Crippen LogP contribution in [0, 0.1) is 11.8 Å². The van der Waals surface area contributed by atoms with Crippen LogP contribution in [0.25, 0.3) is 0 Å². The number of carbonyl (C=O) groups excluding carboxylic acids is 2. The minimum atomic E-state index is -0.0333. The van der Waals surface area contributed by atoms with Crippen molar-refractivity contribution in [2.24, 2.45) is 11.8 Å². The number of anilines is 2. The average molecular weight is 422 g/mol. The molecule has 2 aliphatic rings. The Labute approximate surface area is 183 Å². The van der Waals surface area contributed by atoms with E-state index < -0.39 is 0 Å².